The van der Waals surface area contributed by atoms with Crippen molar-refractivity contribution in [3.63, 3.8) is 0 Å². The Kier molecular flexibility index (Phi) is 3.72. The van der Waals surface area contributed by atoms with Crippen LogP contribution in [0.1, 0.15) is 27.4 Å². The minimum Gasteiger partial charge on any atom is -0.466 e. The number of rotatable bonds is 2. The normalized spacial score (nSPS) is 10.0. The van der Waals surface area contributed by atoms with E-state index in [4.69, 9.17) is 9.68 Å². The van der Waals surface area contributed by atoms with E-state index >= 15 is 0 Å². The summed E-state index contributed by atoms with van der Waals surface area (Å²) in [6.07, 6.45) is 0. The first-order chi connectivity index (χ1) is 9.01. The Bertz CT molecular complexity index is 683. The predicted molar refractivity (Wildman–Crippen MR) is 75.0 cm³/mol. The number of carbonyl (C=O) groups excluding carboxylic acids is 1. The SMILES string of the molecule is Cc1cc(C(=O)Nc2ccc(Br)cc2C#N)c(C)o1. The van der Waals surface area contributed by atoms with Gasteiger partial charge in [-0.25, -0.2) is 0 Å². The second kappa shape index (κ2) is 5.29. The molecule has 0 fully saturated rings. The van der Waals surface area contributed by atoms with Crippen LogP contribution in [0.3, 0.4) is 0 Å². The number of nitrogens with zero attached hydrogens (tertiary/aromatic N) is 1. The lowest BCUT2D eigenvalue weighted by Gasteiger charge is -2.06. The smallest absolute Gasteiger partial charge is 0.259 e. The fourth-order valence-corrected chi connectivity index (χ4v) is 2.12. The maximum Gasteiger partial charge on any atom is 0.259 e. The third-order valence-corrected chi connectivity index (χ3v) is 3.13. The Labute approximate surface area is 119 Å². The number of halogens is 1. The Balaban J connectivity index is 2.29. The van der Waals surface area contributed by atoms with Gasteiger partial charge in [0.05, 0.1) is 16.8 Å². The molecule has 1 amide bonds. The number of anilines is 1. The van der Waals surface area contributed by atoms with Crippen molar-refractivity contribution in [3.8, 4) is 6.07 Å². The molecule has 0 aliphatic rings. The zero-order valence-corrected chi connectivity index (χ0v) is 12.0. The van der Waals surface area contributed by atoms with Crippen LogP contribution in [0.2, 0.25) is 0 Å². The lowest BCUT2D eigenvalue weighted by molar-refractivity contribution is 0.102. The number of furan rings is 1. The van der Waals surface area contributed by atoms with Crippen molar-refractivity contribution < 1.29 is 9.21 Å². The summed E-state index contributed by atoms with van der Waals surface area (Å²) in [4.78, 5) is 12.1. The number of hydrogen-bond acceptors (Lipinski definition) is 3. The van der Waals surface area contributed by atoms with E-state index in [1.165, 1.54) is 0 Å². The molecule has 0 saturated carbocycles. The average molecular weight is 319 g/mol. The van der Waals surface area contributed by atoms with Gasteiger partial charge in [-0.3, -0.25) is 4.79 Å². The topological polar surface area (TPSA) is 66.0 Å². The van der Waals surface area contributed by atoms with E-state index in [2.05, 4.69) is 21.2 Å². The number of nitrogens with one attached hydrogen (secondary N) is 1. The van der Waals surface area contributed by atoms with E-state index in [-0.39, 0.29) is 5.91 Å². The fraction of sp³-hybridized carbons (Fsp3) is 0.143. The molecule has 1 N–H and O–H groups in total. The Morgan fingerprint density at radius 3 is 2.68 bits per heavy atom. The van der Waals surface area contributed by atoms with Crippen LogP contribution < -0.4 is 5.32 Å². The highest BCUT2D eigenvalue weighted by Crippen LogP contribution is 2.22. The van der Waals surface area contributed by atoms with Gasteiger partial charge in [0, 0.05) is 4.47 Å². The third-order valence-electron chi connectivity index (χ3n) is 2.64. The molecule has 1 aromatic heterocycles. The lowest BCUT2D eigenvalue weighted by Crippen LogP contribution is -2.13. The maximum absolute atomic E-state index is 12.1. The molecule has 0 radical (unpaired) electrons. The molecule has 96 valence electrons. The Morgan fingerprint density at radius 2 is 2.11 bits per heavy atom. The number of benzene rings is 1. The third kappa shape index (κ3) is 2.85. The van der Waals surface area contributed by atoms with Gasteiger partial charge in [-0.1, -0.05) is 15.9 Å². The van der Waals surface area contributed by atoms with Crippen molar-refractivity contribution in [1.82, 2.24) is 0 Å². The fourth-order valence-electron chi connectivity index (χ4n) is 1.76. The summed E-state index contributed by atoms with van der Waals surface area (Å²) in [7, 11) is 0. The van der Waals surface area contributed by atoms with Crippen LogP contribution in [0.4, 0.5) is 5.69 Å². The van der Waals surface area contributed by atoms with E-state index in [9.17, 15) is 4.79 Å². The quantitative estimate of drug-likeness (QED) is 0.916. The molecular formula is C14H11BrN2O2. The van der Waals surface area contributed by atoms with Gasteiger partial charge in [0.1, 0.15) is 17.6 Å². The van der Waals surface area contributed by atoms with Crippen molar-refractivity contribution >= 4 is 27.5 Å². The molecule has 0 saturated heterocycles. The highest BCUT2D eigenvalue weighted by Gasteiger charge is 2.15. The molecule has 0 unspecified atom stereocenters. The van der Waals surface area contributed by atoms with Crippen LogP contribution in [0.15, 0.2) is 33.2 Å². The van der Waals surface area contributed by atoms with E-state index in [1.54, 1.807) is 38.1 Å². The van der Waals surface area contributed by atoms with Crippen LogP contribution in [-0.2, 0) is 0 Å². The summed E-state index contributed by atoms with van der Waals surface area (Å²) < 4.78 is 6.10. The van der Waals surface area contributed by atoms with E-state index in [0.717, 1.165) is 4.47 Å². The molecule has 2 rings (SSSR count). The number of hydrogen-bond donors (Lipinski definition) is 1. The van der Waals surface area contributed by atoms with Crippen LogP contribution >= 0.6 is 15.9 Å². The van der Waals surface area contributed by atoms with Gasteiger partial charge in [-0.15, -0.1) is 0 Å². The van der Waals surface area contributed by atoms with Gasteiger partial charge in [0.15, 0.2) is 0 Å². The maximum atomic E-state index is 12.1. The molecule has 19 heavy (non-hydrogen) atoms. The van der Waals surface area contributed by atoms with Gasteiger partial charge in [-0.2, -0.15) is 5.26 Å². The Hall–Kier alpha value is -2.06. The first-order valence-electron chi connectivity index (χ1n) is 5.59. The van der Waals surface area contributed by atoms with Crippen LogP contribution in [0.5, 0.6) is 0 Å². The highest BCUT2D eigenvalue weighted by molar-refractivity contribution is 9.10. The molecule has 4 nitrogen and oxygen atoms in total. The molecule has 1 heterocycles. The summed E-state index contributed by atoms with van der Waals surface area (Å²) in [5, 5.41) is 11.8. The van der Waals surface area contributed by atoms with Crippen molar-refractivity contribution in [2.75, 3.05) is 5.32 Å². The molecule has 0 atom stereocenters. The lowest BCUT2D eigenvalue weighted by atomic mass is 10.1. The summed E-state index contributed by atoms with van der Waals surface area (Å²) in [6.45, 7) is 3.51. The van der Waals surface area contributed by atoms with Crippen LogP contribution in [-0.4, -0.2) is 5.91 Å². The van der Waals surface area contributed by atoms with Crippen molar-refractivity contribution in [2.24, 2.45) is 0 Å². The van der Waals surface area contributed by atoms with E-state index in [1.807, 2.05) is 6.07 Å². The van der Waals surface area contributed by atoms with E-state index < -0.39 is 0 Å². The first kappa shape index (κ1) is 13.4. The molecule has 0 aliphatic heterocycles. The molecular weight excluding hydrogens is 308 g/mol. The van der Waals surface area contributed by atoms with Gasteiger partial charge in [0.2, 0.25) is 0 Å². The summed E-state index contributed by atoms with van der Waals surface area (Å²) in [5.41, 5.74) is 1.36. The van der Waals surface area contributed by atoms with Gasteiger partial charge in [0.25, 0.3) is 5.91 Å². The van der Waals surface area contributed by atoms with Crippen molar-refractivity contribution in [3.05, 3.63) is 51.4 Å². The minimum atomic E-state index is -0.284. The second-order valence-corrected chi connectivity index (χ2v) is 5.00. The predicted octanol–water partition coefficient (Wildman–Crippen LogP) is 3.78. The van der Waals surface area contributed by atoms with Crippen molar-refractivity contribution in [1.29, 1.82) is 5.26 Å². The monoisotopic (exact) mass is 318 g/mol. The molecule has 1 aromatic carbocycles. The van der Waals surface area contributed by atoms with Gasteiger partial charge in [-0.05, 0) is 38.1 Å². The summed E-state index contributed by atoms with van der Waals surface area (Å²) in [6, 6.07) is 8.83. The van der Waals surface area contributed by atoms with Crippen LogP contribution in [0, 0.1) is 25.2 Å². The number of aryl methyl sites for hydroxylation is 2. The number of carbonyl (C=O) groups is 1. The van der Waals surface area contributed by atoms with Gasteiger partial charge < -0.3 is 9.73 Å². The zero-order valence-electron chi connectivity index (χ0n) is 10.5. The molecule has 0 spiro atoms. The summed E-state index contributed by atoms with van der Waals surface area (Å²) in [5.74, 6) is 0.956. The number of nitriles is 1. The highest BCUT2D eigenvalue weighted by atomic mass is 79.9. The molecule has 0 aliphatic carbocycles. The molecule has 5 heteroatoms. The zero-order chi connectivity index (χ0) is 14.0. The summed E-state index contributed by atoms with van der Waals surface area (Å²) >= 11 is 3.28. The van der Waals surface area contributed by atoms with Crippen LogP contribution in [0.25, 0.3) is 0 Å². The van der Waals surface area contributed by atoms with Gasteiger partial charge >= 0.3 is 0 Å². The Morgan fingerprint density at radius 1 is 1.37 bits per heavy atom. The minimum absolute atomic E-state index is 0.284. The second-order valence-electron chi connectivity index (χ2n) is 4.08. The molecule has 0 bridgehead atoms. The standard InChI is InChI=1S/C14H11BrN2O2/c1-8-5-12(9(2)19-8)14(18)17-13-4-3-11(15)6-10(13)7-16/h3-6H,1-2H3,(H,17,18). The molecule has 2 aromatic rings. The number of amides is 1. The first-order valence-corrected chi connectivity index (χ1v) is 6.38. The van der Waals surface area contributed by atoms with E-state index in [0.29, 0.717) is 28.3 Å². The average Bonchev–Trinajstić information content (AvgIpc) is 2.70. The largest absolute Gasteiger partial charge is 0.466 e. The van der Waals surface area contributed by atoms with Crippen molar-refractivity contribution in [2.45, 2.75) is 13.8 Å².